The molecule has 0 unspecified atom stereocenters. The van der Waals surface area contributed by atoms with Gasteiger partial charge in [0.15, 0.2) is 0 Å². The first-order chi connectivity index (χ1) is 17.3. The zero-order chi connectivity index (χ0) is 25.8. The van der Waals surface area contributed by atoms with Gasteiger partial charge < -0.3 is 25.2 Å². The lowest BCUT2D eigenvalue weighted by molar-refractivity contribution is -0.138. The van der Waals surface area contributed by atoms with Crippen molar-refractivity contribution in [3.63, 3.8) is 0 Å². The summed E-state index contributed by atoms with van der Waals surface area (Å²) in [7, 11) is 1.58. The predicted octanol–water partition coefficient (Wildman–Crippen LogP) is 5.23. The van der Waals surface area contributed by atoms with E-state index in [9.17, 15) is 18.8 Å². The second-order valence-electron chi connectivity index (χ2n) is 8.84. The van der Waals surface area contributed by atoms with Crippen molar-refractivity contribution < 1.29 is 23.5 Å². The predicted molar refractivity (Wildman–Crippen MR) is 141 cm³/mol. The molecule has 0 bridgehead atoms. The van der Waals surface area contributed by atoms with E-state index in [1.54, 1.807) is 42.3 Å². The van der Waals surface area contributed by atoms with Crippen molar-refractivity contribution >= 4 is 61.1 Å². The van der Waals surface area contributed by atoms with Crippen LogP contribution in [-0.2, 0) is 9.59 Å². The van der Waals surface area contributed by atoms with Gasteiger partial charge in [0.25, 0.3) is 0 Å². The zero-order valence-corrected chi connectivity index (χ0v) is 22.9. The molecule has 2 fully saturated rings. The Morgan fingerprint density at radius 2 is 1.69 bits per heavy atom. The van der Waals surface area contributed by atoms with Gasteiger partial charge in [-0.2, -0.15) is 0 Å². The Hall–Kier alpha value is -2.66. The number of amides is 4. The molecule has 0 aliphatic carbocycles. The number of carbonyl (C=O) groups excluding carboxylic acids is 3. The highest BCUT2D eigenvalue weighted by Crippen LogP contribution is 2.31. The Bertz CT molecular complexity index is 1120. The van der Waals surface area contributed by atoms with Crippen molar-refractivity contribution in [2.24, 2.45) is 5.92 Å². The molecule has 2 N–H and O–H groups in total. The van der Waals surface area contributed by atoms with E-state index < -0.39 is 17.9 Å². The van der Waals surface area contributed by atoms with Crippen molar-refractivity contribution in [1.82, 2.24) is 9.80 Å². The number of urea groups is 1. The SMILES string of the molecule is COc1ccc(NC(=O)C2CCN(C(=O)[C@@H]3CCCN3C(=O)Nc3c(F)cc(Br)cc3Br)CC2)cc1. The second-order valence-corrected chi connectivity index (χ2v) is 10.6. The third-order valence-corrected chi connectivity index (χ3v) is 7.66. The number of hydrogen-bond acceptors (Lipinski definition) is 4. The molecule has 2 aliphatic rings. The van der Waals surface area contributed by atoms with Gasteiger partial charge in [-0.1, -0.05) is 15.9 Å². The largest absolute Gasteiger partial charge is 0.497 e. The van der Waals surface area contributed by atoms with Gasteiger partial charge >= 0.3 is 6.03 Å². The van der Waals surface area contributed by atoms with Crippen LogP contribution in [0.1, 0.15) is 25.7 Å². The quantitative estimate of drug-likeness (QED) is 0.476. The molecule has 8 nitrogen and oxygen atoms in total. The number of nitrogens with one attached hydrogen (secondary N) is 2. The fraction of sp³-hybridized carbons (Fsp3) is 0.400. The first-order valence-corrected chi connectivity index (χ1v) is 13.3. The summed E-state index contributed by atoms with van der Waals surface area (Å²) < 4.78 is 20.5. The van der Waals surface area contributed by atoms with Crippen LogP contribution in [0.25, 0.3) is 0 Å². The third kappa shape index (κ3) is 6.00. The van der Waals surface area contributed by atoms with Crippen LogP contribution in [0.4, 0.5) is 20.6 Å². The van der Waals surface area contributed by atoms with E-state index in [4.69, 9.17) is 4.74 Å². The fourth-order valence-corrected chi connectivity index (χ4v) is 5.87. The summed E-state index contributed by atoms with van der Waals surface area (Å²) in [5, 5.41) is 5.52. The number of benzene rings is 2. The summed E-state index contributed by atoms with van der Waals surface area (Å²) in [6.45, 7) is 1.30. The molecule has 4 amide bonds. The lowest BCUT2D eigenvalue weighted by atomic mass is 9.95. The molecule has 0 radical (unpaired) electrons. The van der Waals surface area contributed by atoms with Gasteiger partial charge in [-0.25, -0.2) is 9.18 Å². The minimum Gasteiger partial charge on any atom is -0.497 e. The highest BCUT2D eigenvalue weighted by Gasteiger charge is 2.38. The normalized spacial score (nSPS) is 18.2. The number of nitrogens with zero attached hydrogens (tertiary/aromatic N) is 2. The van der Waals surface area contributed by atoms with E-state index in [0.29, 0.717) is 65.7 Å². The molecule has 2 saturated heterocycles. The molecule has 2 aromatic rings. The molecule has 2 aliphatic heterocycles. The lowest BCUT2D eigenvalue weighted by Crippen LogP contribution is -2.51. The van der Waals surface area contributed by atoms with Crippen molar-refractivity contribution in [3.05, 3.63) is 51.2 Å². The van der Waals surface area contributed by atoms with Crippen LogP contribution >= 0.6 is 31.9 Å². The minimum atomic E-state index is -0.605. The monoisotopic (exact) mass is 624 g/mol. The Labute approximate surface area is 225 Å². The van der Waals surface area contributed by atoms with Crippen molar-refractivity contribution in [1.29, 1.82) is 0 Å². The van der Waals surface area contributed by atoms with E-state index in [2.05, 4.69) is 42.5 Å². The lowest BCUT2D eigenvalue weighted by Gasteiger charge is -2.35. The van der Waals surface area contributed by atoms with Gasteiger partial charge in [0.05, 0.1) is 12.8 Å². The maximum Gasteiger partial charge on any atom is 0.322 e. The number of methoxy groups -OCH3 is 1. The second kappa shape index (κ2) is 11.6. The third-order valence-electron chi connectivity index (χ3n) is 6.57. The number of anilines is 2. The molecular weight excluding hydrogens is 599 g/mol. The number of halogens is 3. The Morgan fingerprint density at radius 1 is 1.00 bits per heavy atom. The molecular formula is C25H27Br2FN4O4. The number of likely N-dealkylation sites (tertiary alicyclic amines) is 2. The van der Waals surface area contributed by atoms with Crippen molar-refractivity contribution in [2.75, 3.05) is 37.4 Å². The van der Waals surface area contributed by atoms with E-state index in [-0.39, 0.29) is 23.4 Å². The van der Waals surface area contributed by atoms with Gasteiger partial charge in [-0.15, -0.1) is 0 Å². The van der Waals surface area contributed by atoms with Crippen LogP contribution in [0.15, 0.2) is 45.3 Å². The van der Waals surface area contributed by atoms with Gasteiger partial charge in [0.2, 0.25) is 11.8 Å². The van der Waals surface area contributed by atoms with E-state index in [1.165, 1.54) is 11.0 Å². The van der Waals surface area contributed by atoms with E-state index in [1.807, 2.05) is 0 Å². The molecule has 0 saturated carbocycles. The summed E-state index contributed by atoms with van der Waals surface area (Å²) in [6, 6.07) is 8.92. The molecule has 1 atom stereocenters. The first kappa shape index (κ1) is 26.4. The average molecular weight is 626 g/mol. The summed E-state index contributed by atoms with van der Waals surface area (Å²) in [5.41, 5.74) is 0.728. The summed E-state index contributed by atoms with van der Waals surface area (Å²) in [4.78, 5) is 42.1. The Morgan fingerprint density at radius 3 is 2.33 bits per heavy atom. The number of hydrogen-bond donors (Lipinski definition) is 2. The van der Waals surface area contributed by atoms with Crippen LogP contribution in [0.3, 0.4) is 0 Å². The number of carbonyl (C=O) groups is 3. The van der Waals surface area contributed by atoms with Crippen molar-refractivity contribution in [2.45, 2.75) is 31.7 Å². The van der Waals surface area contributed by atoms with Crippen LogP contribution in [0.5, 0.6) is 5.75 Å². The van der Waals surface area contributed by atoms with Gasteiger partial charge in [-0.3, -0.25) is 9.59 Å². The first-order valence-electron chi connectivity index (χ1n) is 11.7. The van der Waals surface area contributed by atoms with Crippen molar-refractivity contribution in [3.8, 4) is 5.75 Å². The maximum absolute atomic E-state index is 14.4. The smallest absolute Gasteiger partial charge is 0.322 e. The van der Waals surface area contributed by atoms with Gasteiger partial charge in [0.1, 0.15) is 17.6 Å². The molecule has 0 aromatic heterocycles. The highest BCUT2D eigenvalue weighted by atomic mass is 79.9. The van der Waals surface area contributed by atoms with Crippen LogP contribution in [0, 0.1) is 11.7 Å². The molecule has 4 rings (SSSR count). The highest BCUT2D eigenvalue weighted by molar-refractivity contribution is 9.11. The number of piperidine rings is 1. The standard InChI is InChI=1S/C25H27Br2FN4O4/c1-36-18-6-4-17(5-7-18)29-23(33)15-8-11-31(12-9-15)24(34)21-3-2-10-32(21)25(35)30-22-19(27)13-16(26)14-20(22)28/h4-7,13-15,21H,2-3,8-12H2,1H3,(H,29,33)(H,30,35)/t21-/m0/s1. The summed E-state index contributed by atoms with van der Waals surface area (Å²) in [6.07, 6.45) is 2.33. The average Bonchev–Trinajstić information content (AvgIpc) is 3.36. The summed E-state index contributed by atoms with van der Waals surface area (Å²) in [5.74, 6) is -0.272. The number of rotatable bonds is 5. The fourth-order valence-electron chi connectivity index (χ4n) is 4.60. The molecule has 11 heteroatoms. The topological polar surface area (TPSA) is 91.0 Å². The Balaban J connectivity index is 1.32. The van der Waals surface area contributed by atoms with Gasteiger partial charge in [-0.05, 0) is 78.0 Å². The molecule has 2 heterocycles. The molecule has 0 spiro atoms. The van der Waals surface area contributed by atoms with E-state index >= 15 is 0 Å². The Kier molecular flexibility index (Phi) is 8.50. The van der Waals surface area contributed by atoms with E-state index in [0.717, 1.165) is 0 Å². The van der Waals surface area contributed by atoms with Crippen LogP contribution < -0.4 is 15.4 Å². The maximum atomic E-state index is 14.4. The molecule has 2 aromatic carbocycles. The summed E-state index contributed by atoms with van der Waals surface area (Å²) >= 11 is 6.48. The molecule has 192 valence electrons. The van der Waals surface area contributed by atoms with Crippen LogP contribution in [-0.4, -0.2) is 60.4 Å². The molecule has 36 heavy (non-hydrogen) atoms. The zero-order valence-electron chi connectivity index (χ0n) is 19.7. The minimum absolute atomic E-state index is 0.0324. The number of ether oxygens (including phenoxy) is 1. The van der Waals surface area contributed by atoms with Crippen LogP contribution in [0.2, 0.25) is 0 Å². The van der Waals surface area contributed by atoms with Gasteiger partial charge in [0, 0.05) is 40.2 Å².